The number of nitrogens with zero attached hydrogens (tertiary/aromatic N) is 4. The Morgan fingerprint density at radius 1 is 0.606 bits per heavy atom. The molecule has 0 bridgehead atoms. The molecule has 2 aliphatic carbocycles. The van der Waals surface area contributed by atoms with Gasteiger partial charge in [-0.3, -0.25) is 9.55 Å². The van der Waals surface area contributed by atoms with Crippen LogP contribution in [0.3, 0.4) is 0 Å². The van der Waals surface area contributed by atoms with Crippen LogP contribution in [0, 0.1) is 11.5 Å². The minimum absolute atomic E-state index is 0. The topological polar surface area (TPSA) is 55.3 Å². The third-order valence-corrected chi connectivity index (χ3v) is 16.2. The predicted molar refractivity (Wildman–Crippen MR) is 288 cm³/mol. The first-order valence-corrected chi connectivity index (χ1v) is 24.9. The number of hydrogen-bond acceptors (Lipinski definition) is 3. The van der Waals surface area contributed by atoms with E-state index in [4.69, 9.17) is 9.97 Å². The molecule has 12 aromatic rings. The second-order valence-electron chi connectivity index (χ2n) is 21.2. The molecule has 71 heavy (non-hydrogen) atoms. The molecule has 14 rings (SSSR count). The molecular formula is C65H51N4OPt-. The van der Waals surface area contributed by atoms with E-state index in [-0.39, 0.29) is 32.2 Å². The minimum atomic E-state index is -0.192. The summed E-state index contributed by atoms with van der Waals surface area (Å²) >= 11 is 0. The van der Waals surface area contributed by atoms with E-state index in [9.17, 15) is 5.11 Å². The van der Waals surface area contributed by atoms with Crippen molar-refractivity contribution in [3.05, 3.63) is 199 Å². The van der Waals surface area contributed by atoms with Crippen molar-refractivity contribution < 1.29 is 26.2 Å². The van der Waals surface area contributed by atoms with Gasteiger partial charge in [-0.25, -0.2) is 4.98 Å². The molecule has 2 aliphatic rings. The molecule has 0 radical (unpaired) electrons. The van der Waals surface area contributed by atoms with Gasteiger partial charge in [-0.05, 0) is 124 Å². The summed E-state index contributed by atoms with van der Waals surface area (Å²) in [6.07, 6.45) is 6.70. The van der Waals surface area contributed by atoms with Crippen LogP contribution in [-0.2, 0) is 26.5 Å². The van der Waals surface area contributed by atoms with Crippen molar-refractivity contribution in [3.8, 4) is 67.5 Å². The second kappa shape index (κ2) is 16.1. The van der Waals surface area contributed by atoms with Crippen molar-refractivity contribution >= 4 is 49.1 Å². The first-order valence-electron chi connectivity index (χ1n) is 24.9. The van der Waals surface area contributed by atoms with Crippen LogP contribution in [0.4, 0.5) is 0 Å². The molecule has 8 aromatic carbocycles. The van der Waals surface area contributed by atoms with Crippen LogP contribution in [0.15, 0.2) is 176 Å². The van der Waals surface area contributed by atoms with Gasteiger partial charge >= 0.3 is 0 Å². The fraction of sp³-hybridized carbons (Fsp3) is 0.169. The molecule has 4 heterocycles. The minimum Gasteiger partial charge on any atom is -0.507 e. The Morgan fingerprint density at radius 3 is 2.13 bits per heavy atom. The molecule has 0 aliphatic heterocycles. The largest absolute Gasteiger partial charge is 0.507 e. The Kier molecular flexibility index (Phi) is 9.90. The average molecular weight is 1100 g/mol. The standard InChI is InChI=1S/C65H51N4O.Pt/c1-64(2)32-30-39(31-33-64)41-28-29-54(47(35-41)40-17-6-5-7-18-40)69-55-26-16-22-43(61(55)67-63(69)46-21-10-13-27-57(46)70)42-36-49(52-24-14-15-34-66-52)58-50-38-48-44-19-8-11-23-51(44)65(3,4)60(48)59-45-20-9-12-25-53(45)68(62(50)59)56(58)37-42;/h5-29,34-35,37-39,70H,30-33H2,1-4H3;/q-1;. The van der Waals surface area contributed by atoms with Gasteiger partial charge in [-0.1, -0.05) is 166 Å². The van der Waals surface area contributed by atoms with Gasteiger partial charge in [0.2, 0.25) is 0 Å². The maximum atomic E-state index is 11.7. The molecule has 5 nitrogen and oxygen atoms in total. The van der Waals surface area contributed by atoms with Gasteiger partial charge < -0.3 is 9.51 Å². The average Bonchev–Trinajstić information content (AvgIpc) is 4.11. The summed E-state index contributed by atoms with van der Waals surface area (Å²) in [6.45, 7) is 9.59. The number of phenols is 1. The van der Waals surface area contributed by atoms with Gasteiger partial charge in [-0.15, -0.1) is 17.7 Å². The van der Waals surface area contributed by atoms with Crippen LogP contribution < -0.4 is 0 Å². The van der Waals surface area contributed by atoms with Gasteiger partial charge in [-0.2, -0.15) is 0 Å². The molecule has 0 unspecified atom stereocenters. The van der Waals surface area contributed by atoms with Crippen molar-refractivity contribution in [3.63, 3.8) is 0 Å². The van der Waals surface area contributed by atoms with E-state index in [0.717, 1.165) is 61.1 Å². The predicted octanol–water partition coefficient (Wildman–Crippen LogP) is 16.7. The summed E-state index contributed by atoms with van der Waals surface area (Å²) in [6, 6.07) is 64.8. The number of benzene rings is 8. The van der Waals surface area contributed by atoms with Gasteiger partial charge in [0.05, 0.1) is 33.3 Å². The van der Waals surface area contributed by atoms with E-state index in [0.29, 0.717) is 22.7 Å². The van der Waals surface area contributed by atoms with Crippen LogP contribution in [0.1, 0.15) is 76.0 Å². The third-order valence-electron chi connectivity index (χ3n) is 16.2. The van der Waals surface area contributed by atoms with Crippen molar-refractivity contribution in [2.75, 3.05) is 0 Å². The van der Waals surface area contributed by atoms with Gasteiger partial charge in [0.25, 0.3) is 0 Å². The van der Waals surface area contributed by atoms with Crippen molar-refractivity contribution in [2.24, 2.45) is 5.41 Å². The smallest absolute Gasteiger partial charge is 0.148 e. The summed E-state index contributed by atoms with van der Waals surface area (Å²) in [4.78, 5) is 10.6. The second-order valence-corrected chi connectivity index (χ2v) is 21.2. The number of hydrogen-bond donors (Lipinski definition) is 1. The zero-order valence-corrected chi connectivity index (χ0v) is 42.5. The fourth-order valence-electron chi connectivity index (χ4n) is 12.7. The quantitative estimate of drug-likeness (QED) is 0.169. The Hall–Kier alpha value is -7.33. The number of imidazole rings is 1. The van der Waals surface area contributed by atoms with Gasteiger partial charge in [0.1, 0.15) is 11.6 Å². The molecule has 6 heteroatoms. The summed E-state index contributed by atoms with van der Waals surface area (Å²) in [5.74, 6) is 1.37. The fourth-order valence-corrected chi connectivity index (χ4v) is 12.7. The summed E-state index contributed by atoms with van der Waals surface area (Å²) in [7, 11) is 0. The molecule has 0 spiro atoms. The normalized spacial score (nSPS) is 15.2. The van der Waals surface area contributed by atoms with Crippen LogP contribution >= 0.6 is 0 Å². The van der Waals surface area contributed by atoms with Gasteiger partial charge in [0, 0.05) is 54.7 Å². The SMILES string of the molecule is CC1(C)CCC(c2ccc(-n3c(-c4ccccc4O)nc4c(-c5[c-]c(-c6ccccn6)c6c7cc8c(c9c%10ccccc%10n(c6c5)c79)C(C)(C)c5ccccc5-8)cccc43)c(-c3ccccc3)c2)CC1.[Pt]. The van der Waals surface area contributed by atoms with E-state index in [1.165, 1.54) is 80.7 Å². The number of pyridine rings is 1. The number of aromatic nitrogens is 4. The van der Waals surface area contributed by atoms with E-state index in [2.05, 4.69) is 182 Å². The molecule has 1 fully saturated rings. The molecule has 1 N–H and O–H groups in total. The van der Waals surface area contributed by atoms with E-state index in [1.54, 1.807) is 6.07 Å². The summed E-state index contributed by atoms with van der Waals surface area (Å²) in [5.41, 5.74) is 19.9. The monoisotopic (exact) mass is 1100 g/mol. The number of aromatic hydroxyl groups is 1. The Morgan fingerprint density at radius 2 is 1.32 bits per heavy atom. The number of fused-ring (bicyclic) bond motifs is 11. The third kappa shape index (κ3) is 6.48. The van der Waals surface area contributed by atoms with Crippen LogP contribution in [0.25, 0.3) is 111 Å². The van der Waals surface area contributed by atoms with Crippen LogP contribution in [0.5, 0.6) is 5.75 Å². The number of phenolic OH excluding ortho intramolecular Hbond substituents is 1. The Bertz CT molecular complexity index is 4080. The first-order chi connectivity index (χ1) is 34.1. The van der Waals surface area contributed by atoms with E-state index < -0.39 is 0 Å². The zero-order valence-electron chi connectivity index (χ0n) is 40.2. The molecule has 0 saturated heterocycles. The maximum Gasteiger partial charge on any atom is 0.148 e. The van der Waals surface area contributed by atoms with Crippen LogP contribution in [0.2, 0.25) is 0 Å². The maximum absolute atomic E-state index is 11.7. The Labute approximate surface area is 428 Å². The number of para-hydroxylation sites is 3. The molecular weight excluding hydrogens is 1050 g/mol. The zero-order chi connectivity index (χ0) is 47.0. The first kappa shape index (κ1) is 43.7. The van der Waals surface area contributed by atoms with Gasteiger partial charge in [0.15, 0.2) is 0 Å². The van der Waals surface area contributed by atoms with Crippen molar-refractivity contribution in [2.45, 2.75) is 64.7 Å². The summed E-state index contributed by atoms with van der Waals surface area (Å²) < 4.78 is 4.78. The van der Waals surface area contributed by atoms with E-state index >= 15 is 0 Å². The molecule has 0 atom stereocenters. The molecule has 348 valence electrons. The van der Waals surface area contributed by atoms with Crippen molar-refractivity contribution in [1.29, 1.82) is 0 Å². The molecule has 0 amide bonds. The molecule has 4 aromatic heterocycles. The Balaban J connectivity index is 0.00000492. The number of rotatable bonds is 6. The van der Waals surface area contributed by atoms with Crippen LogP contribution in [-0.4, -0.2) is 24.0 Å². The molecule has 1 saturated carbocycles. The summed E-state index contributed by atoms with van der Waals surface area (Å²) in [5, 5.41) is 16.6. The van der Waals surface area contributed by atoms with Crippen molar-refractivity contribution in [1.82, 2.24) is 18.9 Å². The van der Waals surface area contributed by atoms with E-state index in [1.807, 2.05) is 30.5 Å².